The van der Waals surface area contributed by atoms with Gasteiger partial charge in [-0.3, -0.25) is 9.59 Å². The van der Waals surface area contributed by atoms with Crippen LogP contribution in [0.4, 0.5) is 0 Å². The largest absolute Gasteiger partial charge is 0.354 e. The molecule has 2 aliphatic heterocycles. The number of aromatic amines is 1. The molecule has 4 heterocycles. The highest BCUT2D eigenvalue weighted by Crippen LogP contribution is 2.40. The maximum atomic E-state index is 13.0. The van der Waals surface area contributed by atoms with Gasteiger partial charge < -0.3 is 20.5 Å². The average Bonchev–Trinajstić information content (AvgIpc) is 3.67. The number of piperidine rings is 1. The van der Waals surface area contributed by atoms with E-state index in [-0.39, 0.29) is 17.2 Å². The Morgan fingerprint density at radius 1 is 1.02 bits per heavy atom. The van der Waals surface area contributed by atoms with Crippen molar-refractivity contribution in [2.45, 2.75) is 95.4 Å². The first-order valence-electron chi connectivity index (χ1n) is 16.0. The second kappa shape index (κ2) is 13.1. The number of nitrogens with zero attached hydrogens (tertiary/aromatic N) is 2. The molecule has 7 nitrogen and oxygen atoms in total. The average molecular weight is 576 g/mol. The summed E-state index contributed by atoms with van der Waals surface area (Å²) in [5, 5.41) is 6.83. The fraction of sp³-hybridized carbons (Fsp3) is 0.606. The van der Waals surface area contributed by atoms with Crippen LogP contribution in [0.15, 0.2) is 29.8 Å². The van der Waals surface area contributed by atoms with Gasteiger partial charge >= 0.3 is 0 Å². The zero-order valence-corrected chi connectivity index (χ0v) is 25.1. The molecule has 0 radical (unpaired) electrons. The van der Waals surface area contributed by atoms with Gasteiger partial charge in [-0.15, -0.1) is 11.3 Å². The molecule has 1 aromatic carbocycles. The zero-order chi connectivity index (χ0) is 28.1. The van der Waals surface area contributed by atoms with Crippen molar-refractivity contribution in [3.05, 3.63) is 52.3 Å². The SMILES string of the molecule is O=C(NCCCCC1CCN(C(=O)c2ccc3ncsc3c2)CC1)c1cc2c([nH]1)C1(CCCCCCCC1)CNC2. The molecule has 0 bridgehead atoms. The molecule has 6 rings (SSSR count). The van der Waals surface area contributed by atoms with Gasteiger partial charge in [0.25, 0.3) is 11.8 Å². The standard InChI is InChI=1S/C33H45N5O2S/c39-31(28-19-26-21-34-22-33(30(26)37-28)14-6-3-1-2-4-7-15-33)35-16-8-5-9-24-12-17-38(18-13-24)32(40)25-10-11-27-29(20-25)41-23-36-27/h10-11,19-20,23-24,34,37H,1-9,12-18,21-22H2,(H,35,39). The quantitative estimate of drug-likeness (QED) is 0.279. The van der Waals surface area contributed by atoms with Crippen molar-refractivity contribution in [2.75, 3.05) is 26.2 Å². The van der Waals surface area contributed by atoms with E-state index in [1.165, 1.54) is 62.6 Å². The van der Waals surface area contributed by atoms with Crippen LogP contribution in [-0.2, 0) is 12.0 Å². The summed E-state index contributed by atoms with van der Waals surface area (Å²) in [6, 6.07) is 7.92. The number of hydrogen-bond donors (Lipinski definition) is 3. The first-order chi connectivity index (χ1) is 20.1. The first-order valence-corrected chi connectivity index (χ1v) is 16.8. The molecular weight excluding hydrogens is 530 g/mol. The Morgan fingerprint density at radius 3 is 2.61 bits per heavy atom. The zero-order valence-electron chi connectivity index (χ0n) is 24.3. The smallest absolute Gasteiger partial charge is 0.267 e. The van der Waals surface area contributed by atoms with Crippen LogP contribution in [0, 0.1) is 5.92 Å². The number of carbonyl (C=O) groups is 2. The predicted molar refractivity (Wildman–Crippen MR) is 166 cm³/mol. The Balaban J connectivity index is 0.928. The molecule has 0 unspecified atom stereocenters. The molecule has 3 aromatic rings. The monoisotopic (exact) mass is 575 g/mol. The lowest BCUT2D eigenvalue weighted by molar-refractivity contribution is 0.0686. The minimum absolute atomic E-state index is 0.0287. The van der Waals surface area contributed by atoms with Crippen LogP contribution in [0.25, 0.3) is 10.2 Å². The Morgan fingerprint density at radius 2 is 1.80 bits per heavy atom. The van der Waals surface area contributed by atoms with Crippen LogP contribution < -0.4 is 10.6 Å². The molecule has 2 amide bonds. The maximum absolute atomic E-state index is 13.0. The first kappa shape index (κ1) is 28.4. The van der Waals surface area contributed by atoms with Crippen LogP contribution in [0.3, 0.4) is 0 Å². The Bertz CT molecular complexity index is 1330. The van der Waals surface area contributed by atoms with Gasteiger partial charge in [-0.05, 0) is 67.9 Å². The minimum Gasteiger partial charge on any atom is -0.354 e. The lowest BCUT2D eigenvalue weighted by Gasteiger charge is -2.38. The van der Waals surface area contributed by atoms with Gasteiger partial charge in [0.15, 0.2) is 0 Å². The fourth-order valence-corrected chi connectivity index (χ4v) is 8.11. The molecule has 220 valence electrons. The van der Waals surface area contributed by atoms with Crippen LogP contribution in [0.1, 0.15) is 116 Å². The predicted octanol–water partition coefficient (Wildman–Crippen LogP) is 6.55. The van der Waals surface area contributed by atoms with Gasteiger partial charge in [0.2, 0.25) is 0 Å². The topological polar surface area (TPSA) is 90.1 Å². The highest BCUT2D eigenvalue weighted by molar-refractivity contribution is 7.16. The van der Waals surface area contributed by atoms with E-state index in [0.717, 1.165) is 79.8 Å². The summed E-state index contributed by atoms with van der Waals surface area (Å²) in [5.74, 6) is 0.825. The van der Waals surface area contributed by atoms with Gasteiger partial charge in [-0.1, -0.05) is 51.4 Å². The van der Waals surface area contributed by atoms with Crippen molar-refractivity contribution in [1.82, 2.24) is 25.5 Å². The van der Waals surface area contributed by atoms with Crippen LogP contribution >= 0.6 is 11.3 Å². The van der Waals surface area contributed by atoms with Crippen molar-refractivity contribution in [3.8, 4) is 0 Å². The molecule has 3 N–H and O–H groups in total. The van der Waals surface area contributed by atoms with Crippen molar-refractivity contribution >= 4 is 33.4 Å². The van der Waals surface area contributed by atoms with E-state index in [1.807, 2.05) is 28.6 Å². The van der Waals surface area contributed by atoms with E-state index < -0.39 is 0 Å². The number of fused-ring (bicyclic) bond motifs is 3. The van der Waals surface area contributed by atoms with E-state index >= 15 is 0 Å². The molecule has 2 fully saturated rings. The molecule has 3 aliphatic rings. The summed E-state index contributed by atoms with van der Waals surface area (Å²) < 4.78 is 1.07. The minimum atomic E-state index is 0.0287. The van der Waals surface area contributed by atoms with Gasteiger partial charge in [0.1, 0.15) is 5.69 Å². The molecule has 0 atom stereocenters. The van der Waals surface area contributed by atoms with Gasteiger partial charge in [0, 0.05) is 49.4 Å². The molecule has 2 aromatic heterocycles. The molecule has 41 heavy (non-hydrogen) atoms. The number of amides is 2. The third-order valence-corrected chi connectivity index (χ3v) is 10.6. The molecule has 8 heteroatoms. The van der Waals surface area contributed by atoms with E-state index in [0.29, 0.717) is 12.5 Å². The molecular formula is C33H45N5O2S. The number of unbranched alkanes of at least 4 members (excludes halogenated alkanes) is 1. The Labute approximate surface area is 247 Å². The van der Waals surface area contributed by atoms with E-state index in [1.54, 1.807) is 11.3 Å². The van der Waals surface area contributed by atoms with E-state index in [2.05, 4.69) is 26.7 Å². The number of nitrogens with one attached hydrogen (secondary N) is 3. The number of likely N-dealkylation sites (tertiary alicyclic amines) is 1. The number of benzene rings is 1. The summed E-state index contributed by atoms with van der Waals surface area (Å²) in [5.41, 5.74) is 7.06. The normalized spacial score (nSPS) is 19.9. The number of carbonyl (C=O) groups excluding carboxylic acids is 2. The molecule has 1 saturated heterocycles. The second-order valence-electron chi connectivity index (χ2n) is 12.6. The number of hydrogen-bond acceptors (Lipinski definition) is 5. The second-order valence-corrected chi connectivity index (χ2v) is 13.5. The van der Waals surface area contributed by atoms with Crippen molar-refractivity contribution in [3.63, 3.8) is 0 Å². The van der Waals surface area contributed by atoms with Crippen molar-refractivity contribution in [1.29, 1.82) is 0 Å². The third kappa shape index (κ3) is 6.54. The van der Waals surface area contributed by atoms with Crippen LogP contribution in [0.5, 0.6) is 0 Å². The van der Waals surface area contributed by atoms with Crippen molar-refractivity contribution in [2.24, 2.45) is 5.92 Å². The summed E-state index contributed by atoms with van der Waals surface area (Å²) in [4.78, 5) is 36.0. The summed E-state index contributed by atoms with van der Waals surface area (Å²) >= 11 is 1.58. The molecule has 1 aliphatic carbocycles. The van der Waals surface area contributed by atoms with E-state index in [9.17, 15) is 9.59 Å². The van der Waals surface area contributed by atoms with Crippen LogP contribution in [-0.4, -0.2) is 52.9 Å². The van der Waals surface area contributed by atoms with Gasteiger partial charge in [0.05, 0.1) is 15.7 Å². The summed E-state index contributed by atoms with van der Waals surface area (Å²) in [6.07, 6.45) is 15.7. The number of thiazole rings is 1. The van der Waals surface area contributed by atoms with Gasteiger partial charge in [-0.2, -0.15) is 0 Å². The highest BCUT2D eigenvalue weighted by Gasteiger charge is 2.38. The lowest BCUT2D eigenvalue weighted by Crippen LogP contribution is -2.43. The number of H-pyrrole nitrogens is 1. The van der Waals surface area contributed by atoms with Crippen molar-refractivity contribution < 1.29 is 9.59 Å². The number of aromatic nitrogens is 2. The fourth-order valence-electron chi connectivity index (χ4n) is 7.39. The Hall–Kier alpha value is -2.71. The summed E-state index contributed by atoms with van der Waals surface area (Å²) in [6.45, 7) is 4.25. The van der Waals surface area contributed by atoms with Crippen LogP contribution in [0.2, 0.25) is 0 Å². The highest BCUT2D eigenvalue weighted by atomic mass is 32.1. The van der Waals surface area contributed by atoms with Gasteiger partial charge in [-0.25, -0.2) is 4.98 Å². The lowest BCUT2D eigenvalue weighted by atomic mass is 9.73. The Kier molecular flexibility index (Phi) is 9.06. The molecule has 1 saturated carbocycles. The molecule has 1 spiro atoms. The third-order valence-electron chi connectivity index (χ3n) is 9.82. The van der Waals surface area contributed by atoms with E-state index in [4.69, 9.17) is 0 Å². The summed E-state index contributed by atoms with van der Waals surface area (Å²) in [7, 11) is 0. The number of rotatable bonds is 7. The maximum Gasteiger partial charge on any atom is 0.267 e.